The number of nitrogens with one attached hydrogen (secondary N) is 1. The smallest absolute Gasteiger partial charge is 0.358 e. The monoisotopic (exact) mass is 410 g/mol. The van der Waals surface area contributed by atoms with Gasteiger partial charge in [-0.3, -0.25) is 9.63 Å². The maximum atomic E-state index is 11.8. The van der Waals surface area contributed by atoms with Crippen LogP contribution in [0.25, 0.3) is 5.69 Å². The third-order valence-corrected chi connectivity index (χ3v) is 4.35. The highest BCUT2D eigenvalue weighted by molar-refractivity contribution is 5.93. The van der Waals surface area contributed by atoms with E-state index in [-0.39, 0.29) is 11.6 Å². The molecule has 0 unspecified atom stereocenters. The van der Waals surface area contributed by atoms with Gasteiger partial charge in [0, 0.05) is 12.2 Å². The van der Waals surface area contributed by atoms with E-state index in [9.17, 15) is 14.7 Å². The van der Waals surface area contributed by atoms with Crippen molar-refractivity contribution in [2.75, 3.05) is 13.7 Å². The molecule has 3 rings (SSSR count). The van der Waals surface area contributed by atoms with Crippen LogP contribution in [0.2, 0.25) is 0 Å². The minimum absolute atomic E-state index is 0.0979. The number of hydrogen-bond acceptors (Lipinski definition) is 6. The van der Waals surface area contributed by atoms with Gasteiger partial charge in [0.2, 0.25) is 0 Å². The number of amides is 1. The molecule has 2 aromatic carbocycles. The first-order valence-corrected chi connectivity index (χ1v) is 9.33. The Bertz CT molecular complexity index is 986. The summed E-state index contributed by atoms with van der Waals surface area (Å²) in [4.78, 5) is 27.9. The standard InChI is InChI=1S/C21H22N4O5/c1-29-23-20(26)16-9-11-17(12-10-16)25-18(19(21(27)28)22-24-25)8-5-13-30-14-15-6-3-2-4-7-15/h2-4,6-7,9-12H,5,8,13-14H2,1H3,(H,23,26)(H,27,28). The first-order valence-electron chi connectivity index (χ1n) is 9.33. The summed E-state index contributed by atoms with van der Waals surface area (Å²) in [5, 5.41) is 17.2. The minimum Gasteiger partial charge on any atom is -0.476 e. The van der Waals surface area contributed by atoms with E-state index < -0.39 is 5.97 Å². The zero-order valence-electron chi connectivity index (χ0n) is 16.4. The van der Waals surface area contributed by atoms with Crippen LogP contribution in [0.15, 0.2) is 54.6 Å². The van der Waals surface area contributed by atoms with E-state index in [1.807, 2.05) is 30.3 Å². The maximum Gasteiger partial charge on any atom is 0.358 e. The van der Waals surface area contributed by atoms with Crippen LogP contribution in [-0.4, -0.2) is 45.7 Å². The lowest BCUT2D eigenvalue weighted by Crippen LogP contribution is -2.21. The number of benzene rings is 2. The van der Waals surface area contributed by atoms with Crippen LogP contribution in [0, 0.1) is 0 Å². The van der Waals surface area contributed by atoms with Crippen molar-refractivity contribution in [3.05, 3.63) is 77.1 Å². The molecule has 0 spiro atoms. The van der Waals surface area contributed by atoms with E-state index in [1.54, 1.807) is 24.3 Å². The van der Waals surface area contributed by atoms with Crippen molar-refractivity contribution in [1.29, 1.82) is 0 Å². The van der Waals surface area contributed by atoms with Crippen LogP contribution in [0.3, 0.4) is 0 Å². The molecule has 0 radical (unpaired) electrons. The summed E-state index contributed by atoms with van der Waals surface area (Å²) in [7, 11) is 1.35. The van der Waals surface area contributed by atoms with Crippen LogP contribution < -0.4 is 5.48 Å². The minimum atomic E-state index is -1.14. The summed E-state index contributed by atoms with van der Waals surface area (Å²) < 4.78 is 7.15. The number of carboxylic acid groups (broad SMARTS) is 1. The molecule has 0 saturated heterocycles. The highest BCUT2D eigenvalue weighted by Gasteiger charge is 2.20. The molecule has 9 heteroatoms. The maximum absolute atomic E-state index is 11.8. The molecule has 1 heterocycles. The highest BCUT2D eigenvalue weighted by Crippen LogP contribution is 2.16. The fraction of sp³-hybridized carbons (Fsp3) is 0.238. The molecule has 9 nitrogen and oxygen atoms in total. The molecular formula is C21H22N4O5. The van der Waals surface area contributed by atoms with E-state index in [2.05, 4.69) is 20.6 Å². The molecule has 1 amide bonds. The Kier molecular flexibility index (Phi) is 7.25. The number of ether oxygens (including phenoxy) is 1. The van der Waals surface area contributed by atoms with Crippen molar-refractivity contribution < 1.29 is 24.3 Å². The largest absolute Gasteiger partial charge is 0.476 e. The summed E-state index contributed by atoms with van der Waals surface area (Å²) in [6, 6.07) is 16.3. The SMILES string of the molecule is CONC(=O)c1ccc(-n2nnc(C(=O)O)c2CCCOCc2ccccc2)cc1. The fourth-order valence-electron chi connectivity index (χ4n) is 2.91. The quantitative estimate of drug-likeness (QED) is 0.389. The third-order valence-electron chi connectivity index (χ3n) is 4.35. The molecule has 0 bridgehead atoms. The van der Waals surface area contributed by atoms with Gasteiger partial charge in [0.25, 0.3) is 5.91 Å². The van der Waals surface area contributed by atoms with Crippen LogP contribution >= 0.6 is 0 Å². The van der Waals surface area contributed by atoms with E-state index in [1.165, 1.54) is 11.8 Å². The Balaban J connectivity index is 1.67. The molecule has 2 N–H and O–H groups in total. The van der Waals surface area contributed by atoms with Gasteiger partial charge in [-0.25, -0.2) is 15.0 Å². The number of carboxylic acids is 1. The first kappa shape index (κ1) is 21.2. The predicted molar refractivity (Wildman–Crippen MR) is 107 cm³/mol. The van der Waals surface area contributed by atoms with E-state index in [0.717, 1.165) is 5.56 Å². The average Bonchev–Trinajstić information content (AvgIpc) is 3.19. The Morgan fingerprint density at radius 3 is 2.50 bits per heavy atom. The molecule has 30 heavy (non-hydrogen) atoms. The van der Waals surface area contributed by atoms with E-state index >= 15 is 0 Å². The number of carbonyl (C=O) groups excluding carboxylic acids is 1. The van der Waals surface area contributed by atoms with Crippen molar-refractivity contribution in [3.63, 3.8) is 0 Å². The first-order chi connectivity index (χ1) is 14.6. The lowest BCUT2D eigenvalue weighted by Gasteiger charge is -2.09. The number of carbonyl (C=O) groups is 2. The Morgan fingerprint density at radius 2 is 1.83 bits per heavy atom. The zero-order valence-corrected chi connectivity index (χ0v) is 16.4. The second-order valence-corrected chi connectivity index (χ2v) is 6.43. The molecule has 3 aromatic rings. The van der Waals surface area contributed by atoms with Gasteiger partial charge in [-0.2, -0.15) is 0 Å². The Labute approximate surface area is 173 Å². The van der Waals surface area contributed by atoms with Gasteiger partial charge < -0.3 is 9.84 Å². The van der Waals surface area contributed by atoms with Gasteiger partial charge in [0.1, 0.15) is 0 Å². The highest BCUT2D eigenvalue weighted by atomic mass is 16.6. The molecule has 0 atom stereocenters. The van der Waals surface area contributed by atoms with Crippen molar-refractivity contribution in [2.45, 2.75) is 19.4 Å². The van der Waals surface area contributed by atoms with E-state index in [4.69, 9.17) is 4.74 Å². The van der Waals surface area contributed by atoms with Gasteiger partial charge in [0.15, 0.2) is 5.69 Å². The molecule has 1 aromatic heterocycles. The Morgan fingerprint density at radius 1 is 1.10 bits per heavy atom. The normalized spacial score (nSPS) is 10.7. The number of nitrogens with zero attached hydrogens (tertiary/aromatic N) is 3. The number of aromatic carboxylic acids is 1. The fourth-order valence-corrected chi connectivity index (χ4v) is 2.91. The van der Waals surface area contributed by atoms with Crippen LogP contribution in [-0.2, 0) is 22.6 Å². The van der Waals surface area contributed by atoms with Crippen molar-refractivity contribution in [2.24, 2.45) is 0 Å². The number of aromatic nitrogens is 3. The van der Waals surface area contributed by atoms with Crippen LogP contribution in [0.5, 0.6) is 0 Å². The zero-order chi connectivity index (χ0) is 21.3. The second kappa shape index (κ2) is 10.3. The molecule has 0 aliphatic rings. The van der Waals surface area contributed by atoms with Gasteiger partial charge >= 0.3 is 5.97 Å². The van der Waals surface area contributed by atoms with Gasteiger partial charge in [-0.05, 0) is 42.7 Å². The van der Waals surface area contributed by atoms with Gasteiger partial charge in [-0.15, -0.1) is 5.10 Å². The van der Waals surface area contributed by atoms with Crippen molar-refractivity contribution in [1.82, 2.24) is 20.5 Å². The number of hydrogen-bond donors (Lipinski definition) is 2. The molecule has 0 saturated carbocycles. The number of hydroxylamine groups is 1. The lowest BCUT2D eigenvalue weighted by molar-refractivity contribution is 0.0537. The lowest BCUT2D eigenvalue weighted by atomic mass is 10.1. The van der Waals surface area contributed by atoms with Crippen molar-refractivity contribution in [3.8, 4) is 5.69 Å². The van der Waals surface area contributed by atoms with Crippen molar-refractivity contribution >= 4 is 11.9 Å². The molecular weight excluding hydrogens is 388 g/mol. The molecule has 0 aliphatic carbocycles. The van der Waals surface area contributed by atoms with Gasteiger partial charge in [0.05, 0.1) is 25.1 Å². The molecule has 0 aliphatic heterocycles. The topological polar surface area (TPSA) is 116 Å². The summed E-state index contributed by atoms with van der Waals surface area (Å²) in [6.45, 7) is 0.963. The molecule has 156 valence electrons. The van der Waals surface area contributed by atoms with Crippen LogP contribution in [0.1, 0.15) is 38.5 Å². The van der Waals surface area contributed by atoms with E-state index in [0.29, 0.717) is 43.0 Å². The summed E-state index contributed by atoms with van der Waals surface area (Å²) in [5.41, 5.74) is 4.69. The average molecular weight is 410 g/mol. The summed E-state index contributed by atoms with van der Waals surface area (Å²) in [6.07, 6.45) is 1.03. The summed E-state index contributed by atoms with van der Waals surface area (Å²) in [5.74, 6) is -1.53. The third kappa shape index (κ3) is 5.28. The Hall–Kier alpha value is -3.56. The predicted octanol–water partition coefficient (Wildman–Crippen LogP) is 2.41. The second-order valence-electron chi connectivity index (χ2n) is 6.43. The summed E-state index contributed by atoms with van der Waals surface area (Å²) >= 11 is 0. The van der Waals surface area contributed by atoms with Gasteiger partial charge in [-0.1, -0.05) is 35.5 Å². The van der Waals surface area contributed by atoms with Crippen LogP contribution in [0.4, 0.5) is 0 Å². The molecule has 0 fully saturated rings. The number of rotatable bonds is 10.